The number of nitrogens with one attached hydrogen (secondary N) is 1. The summed E-state index contributed by atoms with van der Waals surface area (Å²) in [6.07, 6.45) is 0. The molecule has 1 N–H and O–H groups in total. The second kappa shape index (κ2) is 7.13. The third-order valence-electron chi connectivity index (χ3n) is 2.23. The molecule has 0 radical (unpaired) electrons. The molecule has 1 aromatic heterocycles. The number of hydrogen-bond donors (Lipinski definition) is 1. The topological polar surface area (TPSA) is 56.3 Å². The Bertz CT molecular complexity index is 504. The van der Waals surface area contributed by atoms with Gasteiger partial charge in [-0.2, -0.15) is 0 Å². The first-order valence-corrected chi connectivity index (χ1v) is 6.55. The van der Waals surface area contributed by atoms with Crippen LogP contribution in [0, 0.1) is 5.82 Å². The van der Waals surface area contributed by atoms with Gasteiger partial charge in [0.2, 0.25) is 0 Å². The van der Waals surface area contributed by atoms with Crippen molar-refractivity contribution in [2.45, 2.75) is 6.54 Å². The minimum Gasteiger partial charge on any atom is -0.430 e. The summed E-state index contributed by atoms with van der Waals surface area (Å²) < 4.78 is 23.1. The molecule has 0 atom stereocenters. The zero-order chi connectivity index (χ0) is 13.5. The monoisotopic (exact) mass is 283 g/mol. The average molecular weight is 283 g/mol. The lowest BCUT2D eigenvalue weighted by atomic mass is 10.3. The maximum absolute atomic E-state index is 12.7. The van der Waals surface area contributed by atoms with Gasteiger partial charge < -0.3 is 14.8 Å². The Hall–Kier alpha value is -1.57. The van der Waals surface area contributed by atoms with Gasteiger partial charge in [0.25, 0.3) is 5.19 Å². The van der Waals surface area contributed by atoms with E-state index in [9.17, 15) is 4.39 Å². The van der Waals surface area contributed by atoms with E-state index < -0.39 is 0 Å². The van der Waals surface area contributed by atoms with E-state index in [0.29, 0.717) is 24.1 Å². The van der Waals surface area contributed by atoms with Crippen molar-refractivity contribution in [3.63, 3.8) is 0 Å². The minimum atomic E-state index is -0.298. The van der Waals surface area contributed by atoms with Crippen molar-refractivity contribution in [3.8, 4) is 10.9 Å². The van der Waals surface area contributed by atoms with Crippen molar-refractivity contribution < 1.29 is 13.9 Å². The molecule has 0 amide bonds. The van der Waals surface area contributed by atoms with Crippen LogP contribution >= 0.6 is 11.3 Å². The predicted octanol–water partition coefficient (Wildman–Crippen LogP) is 2.21. The number of ether oxygens (including phenoxy) is 2. The molecule has 2 rings (SSSR count). The first-order valence-electron chi connectivity index (χ1n) is 5.73. The molecule has 0 bridgehead atoms. The second-order valence-electron chi connectivity index (χ2n) is 3.69. The average Bonchev–Trinajstić information content (AvgIpc) is 2.85. The van der Waals surface area contributed by atoms with Gasteiger partial charge in [0.15, 0.2) is 0 Å². The summed E-state index contributed by atoms with van der Waals surface area (Å²) in [6.45, 7) is 2.02. The molecule has 102 valence electrons. The highest BCUT2D eigenvalue weighted by Crippen LogP contribution is 2.24. The fourth-order valence-electron chi connectivity index (χ4n) is 1.32. The van der Waals surface area contributed by atoms with Crippen LogP contribution in [0.3, 0.4) is 0 Å². The highest BCUT2D eigenvalue weighted by Gasteiger charge is 2.06. The molecule has 0 spiro atoms. The predicted molar refractivity (Wildman–Crippen MR) is 70.0 cm³/mol. The molecule has 2 aromatic rings. The SMILES string of the molecule is COCCNCc1nnc(Oc2ccc(F)cc2)s1. The van der Waals surface area contributed by atoms with Crippen LogP contribution in [0.15, 0.2) is 24.3 Å². The number of benzene rings is 1. The maximum atomic E-state index is 12.7. The van der Waals surface area contributed by atoms with Crippen LogP contribution in [-0.4, -0.2) is 30.5 Å². The first kappa shape index (κ1) is 13.9. The number of nitrogens with zero attached hydrogens (tertiary/aromatic N) is 2. The largest absolute Gasteiger partial charge is 0.430 e. The summed E-state index contributed by atoms with van der Waals surface area (Å²) in [6, 6.07) is 5.77. The Morgan fingerprint density at radius 1 is 1.26 bits per heavy atom. The lowest BCUT2D eigenvalue weighted by molar-refractivity contribution is 0.199. The Balaban J connectivity index is 1.85. The van der Waals surface area contributed by atoms with Crippen molar-refractivity contribution in [2.75, 3.05) is 20.3 Å². The molecule has 0 aliphatic rings. The molecule has 1 heterocycles. The minimum absolute atomic E-state index is 0.298. The van der Waals surface area contributed by atoms with Gasteiger partial charge in [-0.15, -0.1) is 5.10 Å². The van der Waals surface area contributed by atoms with Crippen LogP contribution < -0.4 is 10.1 Å². The Morgan fingerprint density at radius 3 is 2.79 bits per heavy atom. The summed E-state index contributed by atoms with van der Waals surface area (Å²) >= 11 is 1.35. The molecule has 5 nitrogen and oxygen atoms in total. The smallest absolute Gasteiger partial charge is 0.299 e. The lowest BCUT2D eigenvalue weighted by Crippen LogP contribution is -2.18. The van der Waals surface area contributed by atoms with Gasteiger partial charge in [-0.05, 0) is 24.3 Å². The summed E-state index contributed by atoms with van der Waals surface area (Å²) in [5.41, 5.74) is 0. The van der Waals surface area contributed by atoms with Crippen LogP contribution in [0.25, 0.3) is 0 Å². The third kappa shape index (κ3) is 4.55. The maximum Gasteiger partial charge on any atom is 0.299 e. The van der Waals surface area contributed by atoms with Gasteiger partial charge in [0.1, 0.15) is 16.6 Å². The van der Waals surface area contributed by atoms with Gasteiger partial charge in [0.05, 0.1) is 6.61 Å². The number of aromatic nitrogens is 2. The van der Waals surface area contributed by atoms with Crippen LogP contribution in [0.2, 0.25) is 0 Å². The Kier molecular flexibility index (Phi) is 5.20. The normalized spacial score (nSPS) is 10.6. The highest BCUT2D eigenvalue weighted by molar-refractivity contribution is 7.13. The van der Waals surface area contributed by atoms with Crippen molar-refractivity contribution in [1.29, 1.82) is 0 Å². The molecular formula is C12H14FN3O2S. The molecule has 0 saturated heterocycles. The van der Waals surface area contributed by atoms with E-state index in [1.54, 1.807) is 19.2 Å². The zero-order valence-corrected chi connectivity index (χ0v) is 11.2. The quantitative estimate of drug-likeness (QED) is 0.790. The molecule has 19 heavy (non-hydrogen) atoms. The molecule has 7 heteroatoms. The lowest BCUT2D eigenvalue weighted by Gasteiger charge is -2.00. The molecule has 0 saturated carbocycles. The van der Waals surface area contributed by atoms with E-state index in [4.69, 9.17) is 9.47 Å². The molecule has 0 aliphatic carbocycles. The summed E-state index contributed by atoms with van der Waals surface area (Å²) in [5.74, 6) is 0.240. The first-order chi connectivity index (χ1) is 9.28. The summed E-state index contributed by atoms with van der Waals surface area (Å²) in [7, 11) is 1.65. The van der Waals surface area contributed by atoms with E-state index in [0.717, 1.165) is 11.6 Å². The van der Waals surface area contributed by atoms with Crippen LogP contribution in [0.5, 0.6) is 10.9 Å². The van der Waals surface area contributed by atoms with E-state index in [2.05, 4.69) is 15.5 Å². The van der Waals surface area contributed by atoms with E-state index in [1.807, 2.05) is 0 Å². The molecular weight excluding hydrogens is 269 g/mol. The van der Waals surface area contributed by atoms with E-state index in [1.165, 1.54) is 23.5 Å². The fourth-order valence-corrected chi connectivity index (χ4v) is 2.00. The molecule has 0 fully saturated rings. The van der Waals surface area contributed by atoms with Gasteiger partial charge >= 0.3 is 0 Å². The van der Waals surface area contributed by atoms with Crippen LogP contribution in [0.4, 0.5) is 4.39 Å². The van der Waals surface area contributed by atoms with Gasteiger partial charge in [-0.25, -0.2) is 4.39 Å². The zero-order valence-electron chi connectivity index (χ0n) is 10.4. The fraction of sp³-hybridized carbons (Fsp3) is 0.333. The van der Waals surface area contributed by atoms with Crippen molar-refractivity contribution in [2.24, 2.45) is 0 Å². The number of methoxy groups -OCH3 is 1. The second-order valence-corrected chi connectivity index (χ2v) is 4.71. The number of hydrogen-bond acceptors (Lipinski definition) is 6. The third-order valence-corrected chi connectivity index (χ3v) is 3.03. The van der Waals surface area contributed by atoms with Crippen molar-refractivity contribution in [3.05, 3.63) is 35.1 Å². The van der Waals surface area contributed by atoms with Gasteiger partial charge in [0, 0.05) is 20.2 Å². The molecule has 0 unspecified atom stereocenters. The van der Waals surface area contributed by atoms with Crippen molar-refractivity contribution in [1.82, 2.24) is 15.5 Å². The van der Waals surface area contributed by atoms with Gasteiger partial charge in [-0.1, -0.05) is 16.4 Å². The van der Waals surface area contributed by atoms with E-state index in [-0.39, 0.29) is 5.82 Å². The number of rotatable bonds is 7. The summed E-state index contributed by atoms with van der Waals surface area (Å²) in [4.78, 5) is 0. The Labute approximate surface area is 114 Å². The van der Waals surface area contributed by atoms with E-state index >= 15 is 0 Å². The van der Waals surface area contributed by atoms with Gasteiger partial charge in [-0.3, -0.25) is 0 Å². The molecule has 0 aliphatic heterocycles. The standard InChI is InChI=1S/C12H14FN3O2S/c1-17-7-6-14-8-11-15-16-12(19-11)18-10-4-2-9(13)3-5-10/h2-5,14H,6-8H2,1H3. The van der Waals surface area contributed by atoms with Crippen LogP contribution in [0.1, 0.15) is 5.01 Å². The van der Waals surface area contributed by atoms with Crippen LogP contribution in [-0.2, 0) is 11.3 Å². The highest BCUT2D eigenvalue weighted by atomic mass is 32.1. The number of halogens is 1. The van der Waals surface area contributed by atoms with Crippen molar-refractivity contribution >= 4 is 11.3 Å². The molecule has 1 aromatic carbocycles. The summed E-state index contributed by atoms with van der Waals surface area (Å²) in [5, 5.41) is 12.3. The Morgan fingerprint density at radius 2 is 2.05 bits per heavy atom.